The molecule has 0 aliphatic carbocycles. The molecule has 0 heterocycles. The van der Waals surface area contributed by atoms with Crippen molar-refractivity contribution in [1.29, 1.82) is 0 Å². The molecule has 4 heteroatoms. The predicted octanol–water partition coefficient (Wildman–Crippen LogP) is 2.22. The van der Waals surface area contributed by atoms with Gasteiger partial charge in [0.2, 0.25) is 0 Å². The van der Waals surface area contributed by atoms with Gasteiger partial charge in [-0.1, -0.05) is 6.07 Å². The first-order chi connectivity index (χ1) is 7.70. The summed E-state index contributed by atoms with van der Waals surface area (Å²) in [6.45, 7) is 1.93. The molecule has 1 aromatic rings. The third-order valence-corrected chi connectivity index (χ3v) is 3.38. The maximum absolute atomic E-state index is 9.73. The molecular formula is C12H18O3S. The Morgan fingerprint density at radius 1 is 1.44 bits per heavy atom. The predicted molar refractivity (Wildman–Crippen MR) is 66.1 cm³/mol. The summed E-state index contributed by atoms with van der Waals surface area (Å²) in [7, 11) is 1.60. The molecule has 1 atom stereocenters. The topological polar surface area (TPSA) is 49.7 Å². The summed E-state index contributed by atoms with van der Waals surface area (Å²) in [6, 6.07) is 5.72. The van der Waals surface area contributed by atoms with E-state index >= 15 is 0 Å². The minimum Gasteiger partial charge on any atom is -0.496 e. The molecule has 1 unspecified atom stereocenters. The Hall–Kier alpha value is -0.710. The van der Waals surface area contributed by atoms with Crippen molar-refractivity contribution < 1.29 is 14.9 Å². The van der Waals surface area contributed by atoms with Crippen LogP contribution in [0.5, 0.6) is 5.75 Å². The van der Waals surface area contributed by atoms with Gasteiger partial charge in [0.05, 0.1) is 13.2 Å². The van der Waals surface area contributed by atoms with Crippen molar-refractivity contribution in [3.8, 4) is 5.75 Å². The zero-order chi connectivity index (χ0) is 12.0. The molecule has 0 aromatic heterocycles. The van der Waals surface area contributed by atoms with Crippen LogP contribution in [0.2, 0.25) is 0 Å². The summed E-state index contributed by atoms with van der Waals surface area (Å²) in [5, 5.41) is 18.5. The van der Waals surface area contributed by atoms with Gasteiger partial charge in [-0.25, -0.2) is 0 Å². The molecule has 0 radical (unpaired) electrons. The van der Waals surface area contributed by atoms with E-state index in [-0.39, 0.29) is 6.61 Å². The molecule has 0 amide bonds. The zero-order valence-electron chi connectivity index (χ0n) is 9.64. The van der Waals surface area contributed by atoms with Crippen LogP contribution in [-0.4, -0.2) is 29.7 Å². The Bertz CT molecular complexity index is 326. The Labute approximate surface area is 100 Å². The van der Waals surface area contributed by atoms with E-state index in [0.29, 0.717) is 5.75 Å². The average Bonchev–Trinajstić information content (AvgIpc) is 2.28. The van der Waals surface area contributed by atoms with Gasteiger partial charge in [0.1, 0.15) is 5.75 Å². The van der Waals surface area contributed by atoms with Crippen molar-refractivity contribution in [2.24, 2.45) is 0 Å². The van der Waals surface area contributed by atoms with E-state index in [0.717, 1.165) is 22.6 Å². The molecule has 1 aromatic carbocycles. The first-order valence-electron chi connectivity index (χ1n) is 5.29. The quantitative estimate of drug-likeness (QED) is 0.593. The van der Waals surface area contributed by atoms with Gasteiger partial charge in [-0.15, -0.1) is 11.8 Å². The van der Waals surface area contributed by atoms with Crippen molar-refractivity contribution in [1.82, 2.24) is 0 Å². The lowest BCUT2D eigenvalue weighted by Crippen LogP contribution is -1.99. The van der Waals surface area contributed by atoms with Gasteiger partial charge in [-0.2, -0.15) is 0 Å². The molecular weight excluding hydrogens is 224 g/mol. The van der Waals surface area contributed by atoms with Crippen molar-refractivity contribution in [3.05, 3.63) is 23.8 Å². The summed E-state index contributed by atoms with van der Waals surface area (Å²) in [5.74, 6) is 1.55. The fourth-order valence-electron chi connectivity index (χ4n) is 1.49. The number of hydrogen-bond acceptors (Lipinski definition) is 4. The minimum absolute atomic E-state index is 0.195. The van der Waals surface area contributed by atoms with Crippen LogP contribution < -0.4 is 4.74 Å². The highest BCUT2D eigenvalue weighted by Crippen LogP contribution is 2.34. The SMILES string of the molecule is COc1cccc(SCCCO)c1C(C)O. The average molecular weight is 242 g/mol. The molecule has 1 rings (SSSR count). The third-order valence-electron chi connectivity index (χ3n) is 2.22. The summed E-state index contributed by atoms with van der Waals surface area (Å²) >= 11 is 1.63. The molecule has 0 bridgehead atoms. The van der Waals surface area contributed by atoms with Crippen molar-refractivity contribution in [3.63, 3.8) is 0 Å². The second kappa shape index (κ2) is 6.78. The normalized spacial score (nSPS) is 12.5. The number of methoxy groups -OCH3 is 1. The molecule has 90 valence electrons. The molecule has 0 fully saturated rings. The highest BCUT2D eigenvalue weighted by molar-refractivity contribution is 7.99. The van der Waals surface area contributed by atoms with E-state index in [1.54, 1.807) is 25.8 Å². The van der Waals surface area contributed by atoms with Gasteiger partial charge in [-0.3, -0.25) is 0 Å². The molecule has 0 aliphatic heterocycles. The fraction of sp³-hybridized carbons (Fsp3) is 0.500. The lowest BCUT2D eigenvalue weighted by Gasteiger charge is -2.15. The number of ether oxygens (including phenoxy) is 1. The van der Waals surface area contributed by atoms with Crippen LogP contribution in [0.1, 0.15) is 25.0 Å². The van der Waals surface area contributed by atoms with Gasteiger partial charge in [0.25, 0.3) is 0 Å². The monoisotopic (exact) mass is 242 g/mol. The molecule has 3 nitrogen and oxygen atoms in total. The highest BCUT2D eigenvalue weighted by atomic mass is 32.2. The Morgan fingerprint density at radius 3 is 2.75 bits per heavy atom. The van der Waals surface area contributed by atoms with Gasteiger partial charge in [0.15, 0.2) is 0 Å². The first-order valence-corrected chi connectivity index (χ1v) is 6.28. The number of thioether (sulfide) groups is 1. The molecule has 0 saturated heterocycles. The molecule has 2 N–H and O–H groups in total. The lowest BCUT2D eigenvalue weighted by atomic mass is 10.1. The van der Waals surface area contributed by atoms with Gasteiger partial charge in [0, 0.05) is 22.8 Å². The van der Waals surface area contributed by atoms with Crippen LogP contribution >= 0.6 is 11.8 Å². The Balaban J connectivity index is 2.89. The van der Waals surface area contributed by atoms with E-state index in [1.165, 1.54) is 0 Å². The van der Waals surface area contributed by atoms with Gasteiger partial charge in [-0.05, 0) is 25.5 Å². The summed E-state index contributed by atoms with van der Waals surface area (Å²) < 4.78 is 5.23. The number of benzene rings is 1. The standard InChI is InChI=1S/C12H18O3S/c1-9(14)12-10(15-2)5-3-6-11(12)16-8-4-7-13/h3,5-6,9,13-14H,4,7-8H2,1-2H3. The van der Waals surface area contributed by atoms with E-state index in [9.17, 15) is 5.11 Å². The molecule has 16 heavy (non-hydrogen) atoms. The van der Waals surface area contributed by atoms with Crippen LogP contribution in [0.4, 0.5) is 0 Å². The van der Waals surface area contributed by atoms with Crippen molar-refractivity contribution in [2.45, 2.75) is 24.3 Å². The fourth-order valence-corrected chi connectivity index (χ4v) is 2.58. The maximum atomic E-state index is 9.73. The third kappa shape index (κ3) is 3.40. The second-order valence-corrected chi connectivity index (χ2v) is 4.61. The zero-order valence-corrected chi connectivity index (χ0v) is 10.5. The van der Waals surface area contributed by atoms with Gasteiger partial charge < -0.3 is 14.9 Å². The Morgan fingerprint density at radius 2 is 2.19 bits per heavy atom. The summed E-state index contributed by atoms with van der Waals surface area (Å²) in [4.78, 5) is 1.02. The van der Waals surface area contributed by atoms with Crippen molar-refractivity contribution >= 4 is 11.8 Å². The largest absolute Gasteiger partial charge is 0.496 e. The van der Waals surface area contributed by atoms with Crippen LogP contribution in [-0.2, 0) is 0 Å². The minimum atomic E-state index is -0.548. The smallest absolute Gasteiger partial charge is 0.125 e. The van der Waals surface area contributed by atoms with E-state index in [1.807, 2.05) is 18.2 Å². The van der Waals surface area contributed by atoms with E-state index in [2.05, 4.69) is 0 Å². The number of rotatable bonds is 6. The molecule has 0 saturated carbocycles. The van der Waals surface area contributed by atoms with Crippen LogP contribution in [0, 0.1) is 0 Å². The second-order valence-electron chi connectivity index (χ2n) is 3.47. The lowest BCUT2D eigenvalue weighted by molar-refractivity contribution is 0.191. The van der Waals surface area contributed by atoms with E-state index < -0.39 is 6.10 Å². The van der Waals surface area contributed by atoms with Gasteiger partial charge >= 0.3 is 0 Å². The van der Waals surface area contributed by atoms with Crippen LogP contribution in [0.25, 0.3) is 0 Å². The highest BCUT2D eigenvalue weighted by Gasteiger charge is 2.13. The number of hydrogen-bond donors (Lipinski definition) is 2. The summed E-state index contributed by atoms with van der Waals surface area (Å²) in [6.07, 6.45) is 0.203. The molecule has 0 spiro atoms. The maximum Gasteiger partial charge on any atom is 0.125 e. The summed E-state index contributed by atoms with van der Waals surface area (Å²) in [5.41, 5.74) is 0.827. The van der Waals surface area contributed by atoms with Crippen LogP contribution in [0.3, 0.4) is 0 Å². The van der Waals surface area contributed by atoms with Crippen LogP contribution in [0.15, 0.2) is 23.1 Å². The molecule has 0 aliphatic rings. The van der Waals surface area contributed by atoms with E-state index in [4.69, 9.17) is 9.84 Å². The number of aliphatic hydroxyl groups excluding tert-OH is 2. The van der Waals surface area contributed by atoms with Crippen molar-refractivity contribution in [2.75, 3.05) is 19.5 Å². The Kier molecular flexibility index (Phi) is 5.66. The number of aliphatic hydroxyl groups is 2. The first kappa shape index (κ1) is 13.4.